The zero-order chi connectivity index (χ0) is 36.7. The van der Waals surface area contributed by atoms with Crippen molar-refractivity contribution in [2.75, 3.05) is 39.3 Å². The number of rotatable bonds is 12. The number of aliphatic hydroxyl groups excluding tert-OH is 2. The van der Waals surface area contributed by atoms with Crippen molar-refractivity contribution in [3.63, 3.8) is 0 Å². The van der Waals surface area contributed by atoms with Crippen LogP contribution in [0.5, 0.6) is 5.75 Å². The molecule has 0 spiro atoms. The molecular weight excluding hydrogens is 632 g/mol. The lowest BCUT2D eigenvalue weighted by Gasteiger charge is -2.62. The molecule has 2 amide bonds. The first-order valence-corrected chi connectivity index (χ1v) is 18.3. The van der Waals surface area contributed by atoms with Crippen LogP contribution in [0.3, 0.4) is 0 Å². The first kappa shape index (κ1) is 38.1. The van der Waals surface area contributed by atoms with Gasteiger partial charge in [-0.2, -0.15) is 5.06 Å². The predicted molar refractivity (Wildman–Crippen MR) is 197 cm³/mol. The molecule has 4 aliphatic rings. The van der Waals surface area contributed by atoms with Crippen molar-refractivity contribution in [1.82, 2.24) is 15.7 Å². The Morgan fingerprint density at radius 3 is 2.46 bits per heavy atom. The molecule has 276 valence electrons. The fourth-order valence-electron chi connectivity index (χ4n) is 8.64. The molecule has 10 heteroatoms. The number of amides is 2. The van der Waals surface area contributed by atoms with Crippen molar-refractivity contribution in [1.29, 1.82) is 0 Å². The Labute approximate surface area is 298 Å². The number of hydroxylamine groups is 2. The van der Waals surface area contributed by atoms with Gasteiger partial charge in [-0.05, 0) is 78.5 Å². The SMILES string of the molecule is COc1c(CN2O[C@@H](CO)[C@@H]([C@H](C)O)[C@H]2C(=O)N[C@H]2C[C@H]3C[C@@H]([C@@H]2C)C3(C)C)cccc1-c1cc(C(=O)NCCC(C)(C)C)cc(N(C)C)c1. The Balaban J connectivity index is 1.44. The molecule has 2 aromatic carbocycles. The summed E-state index contributed by atoms with van der Waals surface area (Å²) in [5, 5.41) is 29.2. The van der Waals surface area contributed by atoms with Crippen LogP contribution in [0.1, 0.15) is 83.7 Å². The lowest BCUT2D eigenvalue weighted by molar-refractivity contribution is -0.183. The van der Waals surface area contributed by atoms with Gasteiger partial charge >= 0.3 is 0 Å². The standard InChI is InChI=1S/C40H60N4O6/c1-23-31-19-28(40(31,6)7)20-32(23)42-38(48)35-34(24(2)46)33(22-45)50-44(35)21-25-12-11-13-30(36(25)49-10)26-16-27(18-29(17-26)43(8)9)37(47)41-15-14-39(3,4)5/h11-13,16-18,23-24,28,31-35,45-46H,14-15,19-22H2,1-10H3,(H,41,47)(H,42,48)/t23-,24-,28+,31-,32-,33-,34+,35-/m0/s1. The quantitative estimate of drug-likeness (QED) is 0.238. The fraction of sp³-hybridized carbons (Fsp3) is 0.650. The summed E-state index contributed by atoms with van der Waals surface area (Å²) in [7, 11) is 5.50. The number of carbonyl (C=O) groups excluding carboxylic acids is 2. The summed E-state index contributed by atoms with van der Waals surface area (Å²) in [6.07, 6.45) is 1.37. The minimum atomic E-state index is -0.890. The minimum absolute atomic E-state index is 0.0469. The summed E-state index contributed by atoms with van der Waals surface area (Å²) in [6, 6.07) is 10.8. The fourth-order valence-corrected chi connectivity index (χ4v) is 8.64. The van der Waals surface area contributed by atoms with Crippen molar-refractivity contribution in [2.45, 2.75) is 98.6 Å². The first-order valence-electron chi connectivity index (χ1n) is 18.3. The highest BCUT2D eigenvalue weighted by Gasteiger charge is 2.57. The third-order valence-electron chi connectivity index (χ3n) is 11.9. The van der Waals surface area contributed by atoms with E-state index >= 15 is 0 Å². The second-order valence-electron chi connectivity index (χ2n) is 17.0. The van der Waals surface area contributed by atoms with E-state index in [9.17, 15) is 19.8 Å². The third kappa shape index (κ3) is 7.69. The van der Waals surface area contributed by atoms with E-state index in [-0.39, 0.29) is 41.8 Å². The van der Waals surface area contributed by atoms with Gasteiger partial charge in [-0.15, -0.1) is 0 Å². The van der Waals surface area contributed by atoms with E-state index in [2.05, 4.69) is 52.2 Å². The Kier molecular flexibility index (Phi) is 11.3. The average Bonchev–Trinajstić information content (AvgIpc) is 3.43. The topological polar surface area (TPSA) is 124 Å². The maximum Gasteiger partial charge on any atom is 0.251 e. The number of anilines is 1. The lowest BCUT2D eigenvalue weighted by Crippen LogP contribution is -2.62. The Hall–Kier alpha value is -3.18. The first-order chi connectivity index (χ1) is 23.5. The largest absolute Gasteiger partial charge is 0.496 e. The van der Waals surface area contributed by atoms with Gasteiger partial charge in [0.15, 0.2) is 0 Å². The molecule has 1 aliphatic heterocycles. The minimum Gasteiger partial charge on any atom is -0.496 e. The Bertz CT molecular complexity index is 1530. The van der Waals surface area contributed by atoms with E-state index in [0.717, 1.165) is 35.2 Å². The maximum absolute atomic E-state index is 14.2. The van der Waals surface area contributed by atoms with Crippen molar-refractivity contribution < 1.29 is 29.4 Å². The second-order valence-corrected chi connectivity index (χ2v) is 17.0. The van der Waals surface area contributed by atoms with E-state index in [4.69, 9.17) is 9.57 Å². The summed E-state index contributed by atoms with van der Waals surface area (Å²) >= 11 is 0. The van der Waals surface area contributed by atoms with Gasteiger partial charge in [-0.1, -0.05) is 59.7 Å². The molecule has 0 unspecified atom stereocenters. The highest BCUT2D eigenvalue weighted by atomic mass is 16.7. The van der Waals surface area contributed by atoms with Crippen molar-refractivity contribution in [2.24, 2.45) is 34.5 Å². The van der Waals surface area contributed by atoms with Gasteiger partial charge in [0.25, 0.3) is 5.91 Å². The average molecular weight is 693 g/mol. The normalized spacial score (nSPS) is 28.0. The van der Waals surface area contributed by atoms with Crippen LogP contribution in [0, 0.1) is 34.5 Å². The molecule has 10 nitrogen and oxygen atoms in total. The van der Waals surface area contributed by atoms with Crippen LogP contribution < -0.4 is 20.3 Å². The number of fused-ring (bicyclic) bond motifs is 2. The molecule has 0 aromatic heterocycles. The summed E-state index contributed by atoms with van der Waals surface area (Å²) in [4.78, 5) is 35.8. The zero-order valence-corrected chi connectivity index (χ0v) is 31.7. The molecule has 1 heterocycles. The summed E-state index contributed by atoms with van der Waals surface area (Å²) in [5.74, 6) is 1.11. The van der Waals surface area contributed by atoms with Crippen LogP contribution in [0.25, 0.3) is 11.1 Å². The van der Waals surface area contributed by atoms with Crippen LogP contribution in [-0.4, -0.2) is 85.7 Å². The molecule has 0 radical (unpaired) electrons. The molecular formula is C40H60N4O6. The monoisotopic (exact) mass is 692 g/mol. The summed E-state index contributed by atoms with van der Waals surface area (Å²) in [6.45, 7) is 15.4. The smallest absolute Gasteiger partial charge is 0.251 e. The predicted octanol–water partition coefficient (Wildman–Crippen LogP) is 5.25. The zero-order valence-electron chi connectivity index (χ0n) is 31.7. The van der Waals surface area contributed by atoms with Crippen LogP contribution in [0.4, 0.5) is 5.69 Å². The highest BCUT2D eigenvalue weighted by molar-refractivity contribution is 5.97. The number of hydrogen-bond donors (Lipinski definition) is 4. The molecule has 2 bridgehead atoms. The molecule has 1 saturated heterocycles. The van der Waals surface area contributed by atoms with Crippen molar-refractivity contribution in [3.05, 3.63) is 47.5 Å². The Morgan fingerprint density at radius 2 is 1.88 bits per heavy atom. The number of ether oxygens (including phenoxy) is 1. The number of benzene rings is 2. The molecule has 2 aromatic rings. The molecule has 4 N–H and O–H groups in total. The summed E-state index contributed by atoms with van der Waals surface area (Å²) in [5.41, 5.74) is 4.20. The molecule has 3 aliphatic carbocycles. The van der Waals surface area contributed by atoms with Gasteiger partial charge in [0.2, 0.25) is 5.91 Å². The number of methoxy groups -OCH3 is 1. The van der Waals surface area contributed by atoms with E-state index in [0.29, 0.717) is 35.6 Å². The van der Waals surface area contributed by atoms with Gasteiger partial charge in [-0.25, -0.2) is 0 Å². The van der Waals surface area contributed by atoms with Crippen LogP contribution in [0.15, 0.2) is 36.4 Å². The van der Waals surface area contributed by atoms with Gasteiger partial charge in [0.1, 0.15) is 17.9 Å². The molecule has 50 heavy (non-hydrogen) atoms. The van der Waals surface area contributed by atoms with Gasteiger partial charge < -0.3 is 30.5 Å². The van der Waals surface area contributed by atoms with E-state index < -0.39 is 24.2 Å². The van der Waals surface area contributed by atoms with E-state index in [1.165, 1.54) is 6.42 Å². The van der Waals surface area contributed by atoms with Gasteiger partial charge in [-0.3, -0.25) is 14.4 Å². The Morgan fingerprint density at radius 1 is 1.16 bits per heavy atom. The molecule has 4 fully saturated rings. The second kappa shape index (κ2) is 14.8. The van der Waals surface area contributed by atoms with E-state index in [1.54, 1.807) is 19.1 Å². The number of carbonyl (C=O) groups is 2. The van der Waals surface area contributed by atoms with Crippen LogP contribution in [-0.2, 0) is 16.2 Å². The third-order valence-corrected chi connectivity index (χ3v) is 11.9. The number of nitrogens with zero attached hydrogens (tertiary/aromatic N) is 2. The molecule has 8 atom stereocenters. The number of para-hydroxylation sites is 1. The lowest BCUT2D eigenvalue weighted by atomic mass is 9.45. The number of hydrogen-bond acceptors (Lipinski definition) is 8. The van der Waals surface area contributed by atoms with Crippen LogP contribution in [0.2, 0.25) is 0 Å². The maximum atomic E-state index is 14.2. The highest BCUT2D eigenvalue weighted by Crippen LogP contribution is 2.61. The van der Waals surface area contributed by atoms with Crippen molar-refractivity contribution >= 4 is 17.5 Å². The van der Waals surface area contributed by atoms with Crippen LogP contribution >= 0.6 is 0 Å². The number of aliphatic hydroxyl groups is 2. The molecule has 3 saturated carbocycles. The summed E-state index contributed by atoms with van der Waals surface area (Å²) < 4.78 is 6.04. The van der Waals surface area contributed by atoms with Crippen molar-refractivity contribution in [3.8, 4) is 16.9 Å². The number of nitrogens with one attached hydrogen (secondary N) is 2. The van der Waals surface area contributed by atoms with Gasteiger partial charge in [0, 0.05) is 55.0 Å². The molecule has 6 rings (SSSR count). The van der Waals surface area contributed by atoms with Gasteiger partial charge in [0.05, 0.1) is 26.4 Å². The van der Waals surface area contributed by atoms with E-state index in [1.807, 2.05) is 55.4 Å².